The number of halogens is 3. The second-order valence-electron chi connectivity index (χ2n) is 7.57. The molecule has 1 saturated carbocycles. The van der Waals surface area contributed by atoms with E-state index in [1.54, 1.807) is 13.2 Å². The van der Waals surface area contributed by atoms with Crippen LogP contribution < -0.4 is 14.8 Å². The van der Waals surface area contributed by atoms with Crippen LogP contribution in [0.15, 0.2) is 34.8 Å². The highest BCUT2D eigenvalue weighted by Gasteiger charge is 2.15. The summed E-state index contributed by atoms with van der Waals surface area (Å²) in [5, 5.41) is 4.79. The molecule has 0 radical (unpaired) electrons. The van der Waals surface area contributed by atoms with Crippen LogP contribution in [-0.2, 0) is 13.2 Å². The summed E-state index contributed by atoms with van der Waals surface area (Å²) in [6.07, 6.45) is 9.30. The lowest BCUT2D eigenvalue weighted by Gasteiger charge is -2.21. The molecule has 0 unspecified atom stereocenters. The van der Waals surface area contributed by atoms with Crippen molar-refractivity contribution in [3.8, 4) is 11.5 Å². The fourth-order valence-corrected chi connectivity index (χ4v) is 4.65. The Labute approximate surface area is 192 Å². The molecular formula is C23H28BrCl2NO2. The van der Waals surface area contributed by atoms with Gasteiger partial charge in [0.05, 0.1) is 21.6 Å². The van der Waals surface area contributed by atoms with E-state index in [-0.39, 0.29) is 0 Å². The Bertz CT molecular complexity index is 808. The van der Waals surface area contributed by atoms with E-state index in [1.165, 1.54) is 50.5 Å². The topological polar surface area (TPSA) is 30.5 Å². The van der Waals surface area contributed by atoms with Crippen molar-refractivity contribution < 1.29 is 9.47 Å². The van der Waals surface area contributed by atoms with Crippen LogP contribution >= 0.6 is 39.1 Å². The van der Waals surface area contributed by atoms with Crippen molar-refractivity contribution in [2.45, 2.75) is 64.1 Å². The Morgan fingerprint density at radius 2 is 1.69 bits per heavy atom. The minimum atomic E-state index is 0.380. The second kappa shape index (κ2) is 11.5. The Morgan fingerprint density at radius 1 is 0.966 bits per heavy atom. The highest BCUT2D eigenvalue weighted by molar-refractivity contribution is 9.10. The van der Waals surface area contributed by atoms with E-state index in [0.717, 1.165) is 16.6 Å². The van der Waals surface area contributed by atoms with Crippen LogP contribution in [0.5, 0.6) is 11.5 Å². The molecule has 158 valence electrons. The molecule has 29 heavy (non-hydrogen) atoms. The van der Waals surface area contributed by atoms with E-state index in [4.69, 9.17) is 32.7 Å². The van der Waals surface area contributed by atoms with Gasteiger partial charge in [0, 0.05) is 12.6 Å². The molecule has 0 atom stereocenters. The van der Waals surface area contributed by atoms with Gasteiger partial charge in [-0.3, -0.25) is 0 Å². The molecule has 0 amide bonds. The molecule has 1 aliphatic carbocycles. The van der Waals surface area contributed by atoms with Gasteiger partial charge in [0.15, 0.2) is 11.5 Å². The summed E-state index contributed by atoms with van der Waals surface area (Å²) < 4.78 is 12.5. The zero-order valence-electron chi connectivity index (χ0n) is 16.8. The van der Waals surface area contributed by atoms with Crippen LogP contribution in [0.3, 0.4) is 0 Å². The van der Waals surface area contributed by atoms with Gasteiger partial charge in [0.2, 0.25) is 0 Å². The third-order valence-electron chi connectivity index (χ3n) is 5.36. The highest BCUT2D eigenvalue weighted by Crippen LogP contribution is 2.37. The van der Waals surface area contributed by atoms with Gasteiger partial charge in [-0.2, -0.15) is 0 Å². The average molecular weight is 501 g/mol. The molecule has 1 fully saturated rings. The summed E-state index contributed by atoms with van der Waals surface area (Å²) in [5.74, 6) is 1.40. The van der Waals surface area contributed by atoms with Gasteiger partial charge in [0.1, 0.15) is 6.61 Å². The number of hydrogen-bond donors (Lipinski definition) is 1. The first-order chi connectivity index (χ1) is 14.1. The van der Waals surface area contributed by atoms with Crippen molar-refractivity contribution in [3.05, 3.63) is 56.0 Å². The molecule has 1 aliphatic rings. The van der Waals surface area contributed by atoms with Gasteiger partial charge >= 0.3 is 0 Å². The maximum atomic E-state index is 6.10. The molecule has 0 aliphatic heterocycles. The highest BCUT2D eigenvalue weighted by atomic mass is 79.9. The van der Waals surface area contributed by atoms with Gasteiger partial charge < -0.3 is 14.8 Å². The summed E-state index contributed by atoms with van der Waals surface area (Å²) in [6.45, 7) is 1.21. The van der Waals surface area contributed by atoms with Gasteiger partial charge in [-0.1, -0.05) is 61.4 Å². The Morgan fingerprint density at radius 3 is 2.38 bits per heavy atom. The Hall–Kier alpha value is -0.940. The van der Waals surface area contributed by atoms with Crippen LogP contribution in [0.2, 0.25) is 10.0 Å². The molecule has 0 heterocycles. The fourth-order valence-electron chi connectivity index (χ4n) is 3.72. The number of rotatable bonds is 7. The average Bonchev–Trinajstić information content (AvgIpc) is 2.68. The molecule has 0 bridgehead atoms. The molecule has 3 nitrogen and oxygen atoms in total. The van der Waals surface area contributed by atoms with Gasteiger partial charge in [-0.15, -0.1) is 0 Å². The van der Waals surface area contributed by atoms with Crippen molar-refractivity contribution in [2.24, 2.45) is 0 Å². The molecule has 0 saturated heterocycles. The van der Waals surface area contributed by atoms with E-state index in [0.29, 0.717) is 34.2 Å². The number of methoxy groups -OCH3 is 1. The quantitative estimate of drug-likeness (QED) is 0.425. The maximum absolute atomic E-state index is 6.10. The number of benzene rings is 2. The van der Waals surface area contributed by atoms with Crippen LogP contribution in [0.4, 0.5) is 0 Å². The summed E-state index contributed by atoms with van der Waals surface area (Å²) >= 11 is 15.7. The van der Waals surface area contributed by atoms with Crippen molar-refractivity contribution in [1.29, 1.82) is 0 Å². The lowest BCUT2D eigenvalue weighted by atomic mass is 9.96. The summed E-state index contributed by atoms with van der Waals surface area (Å²) in [7, 11) is 1.67. The molecular weight excluding hydrogens is 473 g/mol. The van der Waals surface area contributed by atoms with Crippen LogP contribution in [0.25, 0.3) is 0 Å². The molecule has 2 aromatic rings. The van der Waals surface area contributed by atoms with Crippen LogP contribution in [0.1, 0.15) is 56.1 Å². The van der Waals surface area contributed by atoms with E-state index in [2.05, 4.69) is 27.3 Å². The Balaban J connectivity index is 1.64. The second-order valence-corrected chi connectivity index (χ2v) is 9.24. The molecule has 0 aromatic heterocycles. The van der Waals surface area contributed by atoms with Gasteiger partial charge in [0.25, 0.3) is 0 Å². The maximum Gasteiger partial charge on any atom is 0.175 e. The van der Waals surface area contributed by atoms with Crippen molar-refractivity contribution in [3.63, 3.8) is 0 Å². The van der Waals surface area contributed by atoms with Crippen LogP contribution in [0, 0.1) is 0 Å². The predicted octanol–water partition coefficient (Wildman–Crippen LogP) is 7.55. The molecule has 2 aromatic carbocycles. The first-order valence-corrected chi connectivity index (χ1v) is 11.8. The predicted molar refractivity (Wildman–Crippen MR) is 124 cm³/mol. The standard InChI is InChI=1S/C23H28BrCl2NO2/c1-28-22-13-17(14-27-18-7-5-3-2-4-6-8-18)11-19(24)23(22)29-15-16-9-10-20(25)21(26)12-16/h9-13,18,27H,2-8,14-15H2,1H3. The van der Waals surface area contributed by atoms with E-state index < -0.39 is 0 Å². The molecule has 3 rings (SSSR count). The summed E-state index contributed by atoms with van der Waals surface area (Å²) in [4.78, 5) is 0. The number of nitrogens with one attached hydrogen (secondary N) is 1. The SMILES string of the molecule is COc1cc(CNC2CCCCCCC2)cc(Br)c1OCc1ccc(Cl)c(Cl)c1. The van der Waals surface area contributed by atoms with Gasteiger partial charge in [-0.25, -0.2) is 0 Å². The fraction of sp³-hybridized carbons (Fsp3) is 0.478. The smallest absolute Gasteiger partial charge is 0.175 e. The largest absolute Gasteiger partial charge is 0.493 e. The van der Waals surface area contributed by atoms with Gasteiger partial charge in [-0.05, 0) is 64.2 Å². The Kier molecular flexibility index (Phi) is 8.98. The summed E-state index contributed by atoms with van der Waals surface area (Å²) in [5.41, 5.74) is 2.13. The lowest BCUT2D eigenvalue weighted by Crippen LogP contribution is -2.29. The monoisotopic (exact) mass is 499 g/mol. The third kappa shape index (κ3) is 6.78. The minimum absolute atomic E-state index is 0.380. The van der Waals surface area contributed by atoms with Crippen molar-refractivity contribution >= 4 is 39.1 Å². The van der Waals surface area contributed by atoms with E-state index >= 15 is 0 Å². The first-order valence-electron chi connectivity index (χ1n) is 10.2. The number of ether oxygens (including phenoxy) is 2. The normalized spacial score (nSPS) is 15.6. The van der Waals surface area contributed by atoms with Crippen molar-refractivity contribution in [1.82, 2.24) is 5.32 Å². The number of hydrogen-bond acceptors (Lipinski definition) is 3. The minimum Gasteiger partial charge on any atom is -0.493 e. The first kappa shape index (κ1) is 22.7. The third-order valence-corrected chi connectivity index (χ3v) is 6.68. The zero-order chi connectivity index (χ0) is 20.6. The van der Waals surface area contributed by atoms with E-state index in [1.807, 2.05) is 18.2 Å². The molecule has 6 heteroatoms. The molecule has 0 spiro atoms. The summed E-state index contributed by atoms with van der Waals surface area (Å²) in [6, 6.07) is 10.2. The van der Waals surface area contributed by atoms with Crippen LogP contribution in [-0.4, -0.2) is 13.2 Å². The lowest BCUT2D eigenvalue weighted by molar-refractivity contribution is 0.282. The van der Waals surface area contributed by atoms with Crippen molar-refractivity contribution in [2.75, 3.05) is 7.11 Å². The zero-order valence-corrected chi connectivity index (χ0v) is 19.9. The van der Waals surface area contributed by atoms with E-state index in [9.17, 15) is 0 Å². The molecule has 1 N–H and O–H groups in total.